The molecule has 1 saturated heterocycles. The summed E-state index contributed by atoms with van der Waals surface area (Å²) in [5, 5.41) is 0. The Bertz CT molecular complexity index is 515. The quantitative estimate of drug-likeness (QED) is 0.806. The van der Waals surface area contributed by atoms with Gasteiger partial charge in [-0.15, -0.1) is 11.8 Å². The number of rotatable bonds is 1. The summed E-state index contributed by atoms with van der Waals surface area (Å²) in [7, 11) is 0. The van der Waals surface area contributed by atoms with E-state index in [9.17, 15) is 0 Å². The predicted molar refractivity (Wildman–Crippen MR) is 84.5 cm³/mol. The Hall–Kier alpha value is -0.870. The summed E-state index contributed by atoms with van der Waals surface area (Å²) in [4.78, 5) is 3.99. The average molecular weight is 290 g/mol. The molecule has 1 spiro atoms. The van der Waals surface area contributed by atoms with Crippen molar-refractivity contribution in [3.05, 3.63) is 18.2 Å². The van der Waals surface area contributed by atoms with Crippen molar-refractivity contribution in [2.45, 2.75) is 48.6 Å². The first kappa shape index (κ1) is 12.8. The fraction of sp³-hybridized carbons (Fsp3) is 0.625. The first-order chi connectivity index (χ1) is 9.76. The number of benzene rings is 1. The number of nitrogen functional groups attached to an aromatic ring is 1. The van der Waals surface area contributed by atoms with Gasteiger partial charge in [-0.25, -0.2) is 0 Å². The lowest BCUT2D eigenvalue weighted by Crippen LogP contribution is -2.53. The van der Waals surface area contributed by atoms with Gasteiger partial charge < -0.3 is 15.4 Å². The average Bonchev–Trinajstić information content (AvgIpc) is 2.45. The van der Waals surface area contributed by atoms with E-state index in [0.29, 0.717) is 6.04 Å². The van der Waals surface area contributed by atoms with E-state index in [2.05, 4.69) is 17.0 Å². The van der Waals surface area contributed by atoms with Crippen LogP contribution in [0.5, 0.6) is 0 Å². The Balaban J connectivity index is 1.61. The van der Waals surface area contributed by atoms with E-state index in [1.165, 1.54) is 42.0 Å². The molecule has 3 aliphatic rings. The molecule has 20 heavy (non-hydrogen) atoms. The van der Waals surface area contributed by atoms with Crippen molar-refractivity contribution in [2.75, 3.05) is 29.5 Å². The number of hydrogen-bond acceptors (Lipinski definition) is 4. The lowest BCUT2D eigenvalue weighted by Gasteiger charge is -2.50. The topological polar surface area (TPSA) is 38.5 Å². The molecular formula is C16H22N2OS. The van der Waals surface area contributed by atoms with Crippen LogP contribution in [0.15, 0.2) is 23.1 Å². The number of anilines is 2. The number of fused-ring (bicyclic) bond motifs is 1. The number of nitrogens with two attached hydrogens (primary N) is 1. The van der Waals surface area contributed by atoms with Crippen LogP contribution in [0.2, 0.25) is 0 Å². The molecule has 0 radical (unpaired) electrons. The molecule has 2 fully saturated rings. The molecule has 4 heteroatoms. The highest BCUT2D eigenvalue weighted by Crippen LogP contribution is 2.46. The van der Waals surface area contributed by atoms with Crippen LogP contribution in [0.3, 0.4) is 0 Å². The summed E-state index contributed by atoms with van der Waals surface area (Å²) in [5.74, 6) is 1.18. The predicted octanol–water partition coefficient (Wildman–Crippen LogP) is 3.28. The standard InChI is InChI=1S/C16H22N2OS/c17-12-2-3-15-14(10-12)18(7-9-20-15)13-4-8-19-16(11-13)5-1-6-16/h2-3,10,13H,1,4-9,11,17H2. The highest BCUT2D eigenvalue weighted by atomic mass is 32.2. The zero-order valence-corrected chi connectivity index (χ0v) is 12.6. The van der Waals surface area contributed by atoms with Crippen molar-refractivity contribution >= 4 is 23.1 Å². The molecule has 1 saturated carbocycles. The van der Waals surface area contributed by atoms with Gasteiger partial charge in [-0.1, -0.05) is 0 Å². The first-order valence-corrected chi connectivity index (χ1v) is 8.67. The van der Waals surface area contributed by atoms with Crippen LogP contribution in [0.25, 0.3) is 0 Å². The Morgan fingerprint density at radius 3 is 3.05 bits per heavy atom. The highest BCUT2D eigenvalue weighted by Gasteiger charge is 2.44. The SMILES string of the molecule is Nc1ccc2c(c1)N(C1CCOC3(CCC3)C1)CCS2. The van der Waals surface area contributed by atoms with Crippen molar-refractivity contribution in [3.8, 4) is 0 Å². The van der Waals surface area contributed by atoms with Crippen molar-refractivity contribution in [1.29, 1.82) is 0 Å². The summed E-state index contributed by atoms with van der Waals surface area (Å²) in [6.45, 7) is 2.06. The fourth-order valence-electron chi connectivity index (χ4n) is 3.82. The van der Waals surface area contributed by atoms with E-state index >= 15 is 0 Å². The van der Waals surface area contributed by atoms with E-state index in [4.69, 9.17) is 10.5 Å². The van der Waals surface area contributed by atoms with E-state index in [1.807, 2.05) is 17.8 Å². The van der Waals surface area contributed by atoms with Gasteiger partial charge in [-0.05, 0) is 50.3 Å². The maximum atomic E-state index is 6.08. The summed E-state index contributed by atoms with van der Waals surface area (Å²) >= 11 is 1.96. The van der Waals surface area contributed by atoms with E-state index in [-0.39, 0.29) is 5.60 Å². The van der Waals surface area contributed by atoms with Gasteiger partial charge in [0.25, 0.3) is 0 Å². The second kappa shape index (κ2) is 4.85. The molecule has 3 nitrogen and oxygen atoms in total. The highest BCUT2D eigenvalue weighted by molar-refractivity contribution is 7.99. The van der Waals surface area contributed by atoms with Crippen molar-refractivity contribution in [2.24, 2.45) is 0 Å². The van der Waals surface area contributed by atoms with Gasteiger partial charge in [0.1, 0.15) is 0 Å². The molecule has 2 N–H and O–H groups in total. The minimum Gasteiger partial charge on any atom is -0.399 e. The molecule has 1 aliphatic carbocycles. The summed E-state index contributed by atoms with van der Waals surface area (Å²) in [6, 6.07) is 6.99. The molecular weight excluding hydrogens is 268 g/mol. The van der Waals surface area contributed by atoms with Gasteiger partial charge in [0.2, 0.25) is 0 Å². The molecule has 1 unspecified atom stereocenters. The summed E-state index contributed by atoms with van der Waals surface area (Å²) < 4.78 is 6.08. The minimum absolute atomic E-state index is 0.216. The minimum atomic E-state index is 0.216. The third-order valence-corrected chi connectivity index (χ3v) is 6.10. The van der Waals surface area contributed by atoms with Gasteiger partial charge >= 0.3 is 0 Å². The Morgan fingerprint density at radius 1 is 1.35 bits per heavy atom. The summed E-state index contributed by atoms with van der Waals surface area (Å²) in [5.41, 5.74) is 8.45. The Morgan fingerprint density at radius 2 is 2.25 bits per heavy atom. The number of hydrogen-bond donors (Lipinski definition) is 1. The number of nitrogens with zero attached hydrogens (tertiary/aromatic N) is 1. The molecule has 1 aromatic rings. The lowest BCUT2D eigenvalue weighted by molar-refractivity contribution is -0.132. The normalized spacial score (nSPS) is 28.0. The number of thioether (sulfide) groups is 1. The molecule has 0 aromatic heterocycles. The van der Waals surface area contributed by atoms with Gasteiger partial charge in [0, 0.05) is 35.5 Å². The van der Waals surface area contributed by atoms with Gasteiger partial charge in [-0.2, -0.15) is 0 Å². The van der Waals surface area contributed by atoms with Crippen LogP contribution >= 0.6 is 11.8 Å². The molecule has 2 heterocycles. The zero-order chi connectivity index (χ0) is 13.6. The molecule has 2 aliphatic heterocycles. The molecule has 0 bridgehead atoms. The molecule has 108 valence electrons. The summed E-state index contributed by atoms with van der Waals surface area (Å²) in [6.07, 6.45) is 6.21. The van der Waals surface area contributed by atoms with Gasteiger partial charge in [-0.3, -0.25) is 0 Å². The molecule has 1 atom stereocenters. The number of ether oxygens (including phenoxy) is 1. The van der Waals surface area contributed by atoms with E-state index in [0.717, 1.165) is 25.3 Å². The second-order valence-electron chi connectivity index (χ2n) is 6.30. The lowest BCUT2D eigenvalue weighted by atomic mass is 9.73. The third kappa shape index (κ3) is 2.09. The smallest absolute Gasteiger partial charge is 0.0702 e. The Kier molecular flexibility index (Phi) is 3.11. The van der Waals surface area contributed by atoms with Crippen molar-refractivity contribution in [3.63, 3.8) is 0 Å². The van der Waals surface area contributed by atoms with Crippen LogP contribution in [0, 0.1) is 0 Å². The van der Waals surface area contributed by atoms with E-state index < -0.39 is 0 Å². The molecule has 1 aromatic carbocycles. The molecule has 0 amide bonds. The molecule has 4 rings (SSSR count). The van der Waals surface area contributed by atoms with Crippen molar-refractivity contribution in [1.82, 2.24) is 0 Å². The van der Waals surface area contributed by atoms with Gasteiger partial charge in [0.15, 0.2) is 0 Å². The largest absolute Gasteiger partial charge is 0.399 e. The fourth-order valence-corrected chi connectivity index (χ4v) is 4.82. The third-order valence-electron chi connectivity index (χ3n) is 5.05. The first-order valence-electron chi connectivity index (χ1n) is 7.69. The zero-order valence-electron chi connectivity index (χ0n) is 11.8. The van der Waals surface area contributed by atoms with Crippen LogP contribution in [-0.2, 0) is 4.74 Å². The van der Waals surface area contributed by atoms with E-state index in [1.54, 1.807) is 0 Å². The van der Waals surface area contributed by atoms with Gasteiger partial charge in [0.05, 0.1) is 11.3 Å². The van der Waals surface area contributed by atoms with Crippen LogP contribution in [0.1, 0.15) is 32.1 Å². The monoisotopic (exact) mass is 290 g/mol. The van der Waals surface area contributed by atoms with Crippen molar-refractivity contribution < 1.29 is 4.74 Å². The maximum Gasteiger partial charge on any atom is 0.0702 e. The maximum absolute atomic E-state index is 6.08. The second-order valence-corrected chi connectivity index (χ2v) is 7.44. The Labute approximate surface area is 124 Å². The van der Waals surface area contributed by atoms with Crippen LogP contribution in [0.4, 0.5) is 11.4 Å². The van der Waals surface area contributed by atoms with Crippen LogP contribution < -0.4 is 10.6 Å². The van der Waals surface area contributed by atoms with Crippen LogP contribution in [-0.4, -0.2) is 30.5 Å².